The number of likely N-dealkylation sites (tertiary alicyclic amines) is 1. The third-order valence-electron chi connectivity index (χ3n) is 7.67. The van der Waals surface area contributed by atoms with Crippen molar-refractivity contribution in [3.05, 3.63) is 24.3 Å². The lowest BCUT2D eigenvalue weighted by atomic mass is 10.1. The summed E-state index contributed by atoms with van der Waals surface area (Å²) in [5.41, 5.74) is 0. The first kappa shape index (κ1) is 40.8. The minimum absolute atomic E-state index is 0.201. The molecule has 0 radical (unpaired) electrons. The van der Waals surface area contributed by atoms with Gasteiger partial charge in [0.15, 0.2) is 6.29 Å². The van der Waals surface area contributed by atoms with Crippen LogP contribution < -0.4 is 0 Å². The molecule has 0 bridgehead atoms. The van der Waals surface area contributed by atoms with Gasteiger partial charge in [0.05, 0.1) is 19.6 Å². The number of unbranched alkanes of at least 4 members (excludes halogenated alkanes) is 4. The van der Waals surface area contributed by atoms with Gasteiger partial charge in [-0.15, -0.1) is 0 Å². The molecule has 0 saturated carbocycles. The lowest BCUT2D eigenvalue weighted by Gasteiger charge is -2.19. The SMILES string of the molecule is CC/C=C\CCCCOC(CCC(=O)OCCCC(CCCOC=O)OC(=O)CCCN1CCCC1)OCCCC/C=C\CC. The van der Waals surface area contributed by atoms with E-state index in [-0.39, 0.29) is 31.1 Å². The van der Waals surface area contributed by atoms with Crippen molar-refractivity contribution in [1.82, 2.24) is 4.90 Å². The Morgan fingerprint density at radius 2 is 1.31 bits per heavy atom. The van der Waals surface area contributed by atoms with Gasteiger partial charge in [-0.2, -0.15) is 0 Å². The monoisotopic (exact) mass is 637 g/mol. The molecule has 1 saturated heterocycles. The fourth-order valence-corrected chi connectivity index (χ4v) is 5.15. The summed E-state index contributed by atoms with van der Waals surface area (Å²) in [6, 6.07) is 0. The van der Waals surface area contributed by atoms with Gasteiger partial charge < -0.3 is 28.6 Å². The molecular formula is C36H63NO8. The number of rotatable bonds is 31. The summed E-state index contributed by atoms with van der Waals surface area (Å²) in [6.45, 7) is 9.61. The molecule has 9 heteroatoms. The van der Waals surface area contributed by atoms with Crippen molar-refractivity contribution >= 4 is 18.4 Å². The molecule has 1 atom stereocenters. The third-order valence-corrected chi connectivity index (χ3v) is 7.67. The average Bonchev–Trinajstić information content (AvgIpc) is 3.56. The smallest absolute Gasteiger partial charge is 0.306 e. The molecule has 1 rings (SSSR count). The zero-order chi connectivity index (χ0) is 32.6. The molecule has 0 aromatic heterocycles. The minimum atomic E-state index is -0.419. The number of ether oxygens (including phenoxy) is 5. The predicted octanol–water partition coefficient (Wildman–Crippen LogP) is 7.46. The molecule has 45 heavy (non-hydrogen) atoms. The van der Waals surface area contributed by atoms with Gasteiger partial charge >= 0.3 is 11.9 Å². The van der Waals surface area contributed by atoms with Crippen molar-refractivity contribution in [2.24, 2.45) is 0 Å². The van der Waals surface area contributed by atoms with Crippen molar-refractivity contribution in [2.45, 2.75) is 142 Å². The molecule has 1 unspecified atom stereocenters. The quantitative estimate of drug-likeness (QED) is 0.0191. The number of hydrogen-bond acceptors (Lipinski definition) is 9. The number of nitrogens with zero attached hydrogens (tertiary/aromatic N) is 1. The van der Waals surface area contributed by atoms with Gasteiger partial charge in [-0.1, -0.05) is 38.2 Å². The first-order chi connectivity index (χ1) is 22.1. The largest absolute Gasteiger partial charge is 0.468 e. The second-order valence-corrected chi connectivity index (χ2v) is 11.7. The Labute approximate surface area is 273 Å². The molecule has 9 nitrogen and oxygen atoms in total. The molecule has 0 aromatic rings. The number of carbonyl (C=O) groups is 3. The van der Waals surface area contributed by atoms with Crippen LogP contribution in [0.15, 0.2) is 24.3 Å². The van der Waals surface area contributed by atoms with E-state index in [4.69, 9.17) is 23.7 Å². The van der Waals surface area contributed by atoms with Gasteiger partial charge in [-0.25, -0.2) is 0 Å². The molecule has 0 aliphatic carbocycles. The van der Waals surface area contributed by atoms with Crippen LogP contribution in [0.2, 0.25) is 0 Å². The standard InChI is InChI=1S/C36H63NO8/c1-3-5-7-9-11-15-29-43-36(44-30-16-12-10-8-6-4-2)24-23-34(39)42-31-19-21-33(20-18-28-41-32-38)45-35(40)22-17-27-37-25-13-14-26-37/h5-8,32-33,36H,3-4,9-31H2,1-2H3/b7-5-,8-6-. The topological polar surface area (TPSA) is 101 Å². The number of carbonyl (C=O) groups excluding carboxylic acids is 3. The first-order valence-corrected chi connectivity index (χ1v) is 17.7. The van der Waals surface area contributed by atoms with E-state index in [2.05, 4.69) is 43.1 Å². The Balaban J connectivity index is 2.37. The van der Waals surface area contributed by atoms with Crippen LogP contribution in [0.1, 0.15) is 129 Å². The van der Waals surface area contributed by atoms with Crippen molar-refractivity contribution in [2.75, 3.05) is 46.1 Å². The molecule has 1 fully saturated rings. The van der Waals surface area contributed by atoms with E-state index in [1.807, 2.05) is 0 Å². The fraction of sp³-hybridized carbons (Fsp3) is 0.806. The Bertz CT molecular complexity index is 757. The van der Waals surface area contributed by atoms with Gasteiger partial charge in [0, 0.05) is 26.1 Å². The van der Waals surface area contributed by atoms with Crippen LogP contribution in [0, 0.1) is 0 Å². The Kier molecular flexibility index (Phi) is 27.6. The molecule has 0 spiro atoms. The normalized spacial score (nSPS) is 14.5. The first-order valence-electron chi connectivity index (χ1n) is 17.7. The van der Waals surface area contributed by atoms with Crippen molar-refractivity contribution in [1.29, 1.82) is 0 Å². The number of allylic oxidation sites excluding steroid dienone is 4. The molecule has 0 aromatic carbocycles. The van der Waals surface area contributed by atoms with E-state index in [1.165, 1.54) is 12.8 Å². The van der Waals surface area contributed by atoms with Crippen LogP contribution in [0.25, 0.3) is 0 Å². The number of hydrogen-bond donors (Lipinski definition) is 0. The molecule has 0 amide bonds. The third kappa shape index (κ3) is 25.6. The van der Waals surface area contributed by atoms with Gasteiger partial charge in [-0.3, -0.25) is 14.4 Å². The van der Waals surface area contributed by atoms with Crippen LogP contribution >= 0.6 is 0 Å². The fourth-order valence-electron chi connectivity index (χ4n) is 5.15. The van der Waals surface area contributed by atoms with Crippen LogP contribution in [0.4, 0.5) is 0 Å². The summed E-state index contributed by atoms with van der Waals surface area (Å²) in [5.74, 6) is -0.482. The molecule has 1 aliphatic rings. The highest BCUT2D eigenvalue weighted by atomic mass is 16.7. The van der Waals surface area contributed by atoms with Crippen molar-refractivity contribution in [3.8, 4) is 0 Å². The molecular weight excluding hydrogens is 574 g/mol. The Morgan fingerprint density at radius 3 is 1.91 bits per heavy atom. The van der Waals surface area contributed by atoms with Crippen molar-refractivity contribution in [3.63, 3.8) is 0 Å². The highest BCUT2D eigenvalue weighted by molar-refractivity contribution is 5.69. The van der Waals surface area contributed by atoms with E-state index in [1.54, 1.807) is 0 Å². The number of esters is 2. The zero-order valence-electron chi connectivity index (χ0n) is 28.4. The van der Waals surface area contributed by atoms with Gasteiger partial charge in [0.1, 0.15) is 6.10 Å². The van der Waals surface area contributed by atoms with E-state index in [9.17, 15) is 14.4 Å². The van der Waals surface area contributed by atoms with Crippen molar-refractivity contribution < 1.29 is 38.1 Å². The average molecular weight is 638 g/mol. The molecule has 1 aliphatic heterocycles. The molecule has 0 N–H and O–H groups in total. The van der Waals surface area contributed by atoms with Gasteiger partial charge in [0.25, 0.3) is 6.47 Å². The van der Waals surface area contributed by atoms with Gasteiger partial charge in [-0.05, 0) is 116 Å². The summed E-state index contributed by atoms with van der Waals surface area (Å²) in [6.07, 6.45) is 23.0. The van der Waals surface area contributed by atoms with E-state index < -0.39 is 6.29 Å². The van der Waals surface area contributed by atoms with E-state index in [0.717, 1.165) is 77.4 Å². The second kappa shape index (κ2) is 30.4. The minimum Gasteiger partial charge on any atom is -0.468 e. The summed E-state index contributed by atoms with van der Waals surface area (Å²) in [7, 11) is 0. The van der Waals surface area contributed by atoms with Gasteiger partial charge in [0.2, 0.25) is 0 Å². The zero-order valence-corrected chi connectivity index (χ0v) is 28.4. The highest BCUT2D eigenvalue weighted by Gasteiger charge is 2.17. The van der Waals surface area contributed by atoms with E-state index in [0.29, 0.717) is 64.8 Å². The summed E-state index contributed by atoms with van der Waals surface area (Å²) in [4.78, 5) is 37.8. The van der Waals surface area contributed by atoms with Crippen LogP contribution in [0.5, 0.6) is 0 Å². The lowest BCUT2D eigenvalue weighted by molar-refractivity contribution is -0.159. The van der Waals surface area contributed by atoms with Crippen LogP contribution in [-0.4, -0.2) is 81.8 Å². The van der Waals surface area contributed by atoms with Crippen LogP contribution in [0.3, 0.4) is 0 Å². The highest BCUT2D eigenvalue weighted by Crippen LogP contribution is 2.15. The summed E-state index contributed by atoms with van der Waals surface area (Å²) in [5, 5.41) is 0. The predicted molar refractivity (Wildman–Crippen MR) is 178 cm³/mol. The molecule has 1 heterocycles. The maximum absolute atomic E-state index is 12.5. The van der Waals surface area contributed by atoms with Crippen LogP contribution in [-0.2, 0) is 38.1 Å². The Hall–Kier alpha value is -2.23. The second-order valence-electron chi connectivity index (χ2n) is 11.7. The summed E-state index contributed by atoms with van der Waals surface area (Å²) < 4.78 is 28.0. The maximum Gasteiger partial charge on any atom is 0.306 e. The van der Waals surface area contributed by atoms with E-state index >= 15 is 0 Å². The Morgan fingerprint density at radius 1 is 0.689 bits per heavy atom. The molecule has 260 valence electrons. The lowest BCUT2D eigenvalue weighted by Crippen LogP contribution is -2.23. The summed E-state index contributed by atoms with van der Waals surface area (Å²) >= 11 is 0. The maximum atomic E-state index is 12.5.